The van der Waals surface area contributed by atoms with E-state index in [0.29, 0.717) is 12.3 Å². The lowest BCUT2D eigenvalue weighted by molar-refractivity contribution is 0.220. The van der Waals surface area contributed by atoms with Gasteiger partial charge < -0.3 is 0 Å². The Morgan fingerprint density at radius 1 is 1.21 bits per heavy atom. The molecule has 1 unspecified atom stereocenters. The highest BCUT2D eigenvalue weighted by Crippen LogP contribution is 2.48. The second-order valence-corrected chi connectivity index (χ2v) is 6.96. The van der Waals surface area contributed by atoms with Gasteiger partial charge in [0, 0.05) is 5.38 Å². The lowest BCUT2D eigenvalue weighted by Gasteiger charge is -2.36. The third-order valence-corrected chi connectivity index (χ3v) is 5.05. The Morgan fingerprint density at radius 3 is 2.42 bits per heavy atom. The van der Waals surface area contributed by atoms with Gasteiger partial charge in [0.15, 0.2) is 0 Å². The summed E-state index contributed by atoms with van der Waals surface area (Å²) in [5, 5.41) is 0.0503. The molecule has 0 aromatic heterocycles. The topological polar surface area (TPSA) is 0 Å². The Bertz CT molecular complexity index is 407. The van der Waals surface area contributed by atoms with Crippen molar-refractivity contribution < 1.29 is 4.39 Å². The molecule has 1 fully saturated rings. The minimum absolute atomic E-state index is 0.0503. The van der Waals surface area contributed by atoms with E-state index in [4.69, 9.17) is 11.6 Å². The molecule has 2 rings (SSSR count). The zero-order chi connectivity index (χ0) is 13.9. The van der Waals surface area contributed by atoms with Crippen LogP contribution in [0.4, 0.5) is 4.39 Å². The van der Waals surface area contributed by atoms with Crippen molar-refractivity contribution in [3.05, 3.63) is 35.6 Å². The number of halogens is 2. The summed E-state index contributed by atoms with van der Waals surface area (Å²) in [6, 6.07) is 7.03. The Labute approximate surface area is 121 Å². The fourth-order valence-corrected chi connectivity index (χ4v) is 4.08. The Kier molecular flexibility index (Phi) is 4.89. The van der Waals surface area contributed by atoms with Gasteiger partial charge in [-0.3, -0.25) is 0 Å². The molecule has 0 nitrogen and oxygen atoms in total. The maximum atomic E-state index is 13.8. The smallest absolute Gasteiger partial charge is 0.126 e. The number of hydrogen-bond acceptors (Lipinski definition) is 0. The fourth-order valence-electron chi connectivity index (χ4n) is 3.61. The van der Waals surface area contributed by atoms with Gasteiger partial charge in [-0.25, -0.2) is 4.39 Å². The van der Waals surface area contributed by atoms with Crippen LogP contribution in [0.25, 0.3) is 0 Å². The van der Waals surface area contributed by atoms with Crippen molar-refractivity contribution in [1.29, 1.82) is 0 Å². The van der Waals surface area contributed by atoms with Crippen molar-refractivity contribution in [3.8, 4) is 0 Å². The third kappa shape index (κ3) is 3.51. The normalized spacial score (nSPS) is 19.8. The first-order chi connectivity index (χ1) is 9.03. The maximum Gasteiger partial charge on any atom is 0.126 e. The third-order valence-electron chi connectivity index (χ3n) is 4.44. The fraction of sp³-hybridized carbons (Fsp3) is 0.647. The highest BCUT2D eigenvalue weighted by molar-refractivity contribution is 6.21. The summed E-state index contributed by atoms with van der Waals surface area (Å²) in [5.41, 5.74) is 0.982. The molecule has 0 bridgehead atoms. The van der Waals surface area contributed by atoms with Crippen LogP contribution in [0.3, 0.4) is 0 Å². The van der Waals surface area contributed by atoms with Crippen LogP contribution >= 0.6 is 11.6 Å². The zero-order valence-corrected chi connectivity index (χ0v) is 12.7. The number of benzene rings is 1. The minimum Gasteiger partial charge on any atom is -0.207 e. The van der Waals surface area contributed by atoms with Gasteiger partial charge in [0.1, 0.15) is 5.82 Å². The molecule has 1 aliphatic carbocycles. The largest absolute Gasteiger partial charge is 0.207 e. The van der Waals surface area contributed by atoms with Crippen LogP contribution in [-0.2, 0) is 6.42 Å². The van der Waals surface area contributed by atoms with Gasteiger partial charge >= 0.3 is 0 Å². The van der Waals surface area contributed by atoms with Crippen LogP contribution in [0.5, 0.6) is 0 Å². The van der Waals surface area contributed by atoms with Crippen molar-refractivity contribution in [3.63, 3.8) is 0 Å². The first-order valence-corrected chi connectivity index (χ1v) is 7.85. The molecule has 0 amide bonds. The van der Waals surface area contributed by atoms with Crippen LogP contribution in [-0.4, -0.2) is 5.38 Å². The van der Waals surface area contributed by atoms with E-state index in [1.807, 2.05) is 12.1 Å². The molecule has 1 aliphatic rings. The lowest BCUT2D eigenvalue weighted by atomic mass is 9.74. The monoisotopic (exact) mass is 282 g/mol. The second kappa shape index (κ2) is 6.26. The van der Waals surface area contributed by atoms with Gasteiger partial charge in [0.2, 0.25) is 0 Å². The SMILES string of the molecule is CC(C)CC1(C(Cl)Cc2ccccc2F)CCCC1. The average molecular weight is 283 g/mol. The maximum absolute atomic E-state index is 13.8. The van der Waals surface area contributed by atoms with Crippen molar-refractivity contribution in [2.24, 2.45) is 11.3 Å². The van der Waals surface area contributed by atoms with Gasteiger partial charge in [-0.2, -0.15) is 0 Å². The summed E-state index contributed by atoms with van der Waals surface area (Å²) in [6.07, 6.45) is 6.76. The van der Waals surface area contributed by atoms with Gasteiger partial charge in [-0.05, 0) is 48.6 Å². The molecule has 0 spiro atoms. The summed E-state index contributed by atoms with van der Waals surface area (Å²) in [7, 11) is 0. The molecule has 1 aromatic rings. The number of rotatable bonds is 5. The van der Waals surface area contributed by atoms with Crippen LogP contribution in [0.1, 0.15) is 51.5 Å². The molecule has 0 saturated heterocycles. The first-order valence-electron chi connectivity index (χ1n) is 7.41. The average Bonchev–Trinajstić information content (AvgIpc) is 2.81. The van der Waals surface area contributed by atoms with Crippen LogP contribution in [0.15, 0.2) is 24.3 Å². The molecular weight excluding hydrogens is 259 g/mol. The Morgan fingerprint density at radius 2 is 1.84 bits per heavy atom. The molecule has 0 aliphatic heterocycles. The quantitative estimate of drug-likeness (QED) is 0.618. The first kappa shape index (κ1) is 14.8. The Hall–Kier alpha value is -0.560. The summed E-state index contributed by atoms with van der Waals surface area (Å²) in [5.74, 6) is 0.533. The van der Waals surface area contributed by atoms with Crippen molar-refractivity contribution in [2.45, 2.75) is 57.7 Å². The van der Waals surface area contributed by atoms with Crippen molar-refractivity contribution in [2.75, 3.05) is 0 Å². The number of hydrogen-bond donors (Lipinski definition) is 0. The molecule has 1 saturated carbocycles. The van der Waals surface area contributed by atoms with Gasteiger partial charge in [-0.1, -0.05) is 44.9 Å². The molecule has 0 radical (unpaired) electrons. The van der Waals surface area contributed by atoms with E-state index < -0.39 is 0 Å². The molecule has 1 aromatic carbocycles. The summed E-state index contributed by atoms with van der Waals surface area (Å²) >= 11 is 6.73. The molecule has 106 valence electrons. The predicted octanol–water partition coefficient (Wildman–Crippen LogP) is 5.58. The molecular formula is C17H24ClF. The zero-order valence-electron chi connectivity index (χ0n) is 12.0. The summed E-state index contributed by atoms with van der Waals surface area (Å²) < 4.78 is 13.8. The second-order valence-electron chi connectivity index (χ2n) is 6.43. The van der Waals surface area contributed by atoms with E-state index in [-0.39, 0.29) is 16.6 Å². The minimum atomic E-state index is -0.120. The van der Waals surface area contributed by atoms with Crippen molar-refractivity contribution in [1.82, 2.24) is 0 Å². The summed E-state index contributed by atoms with van der Waals surface area (Å²) in [4.78, 5) is 0. The van der Waals surface area contributed by atoms with E-state index in [9.17, 15) is 4.39 Å². The lowest BCUT2D eigenvalue weighted by Crippen LogP contribution is -2.32. The highest BCUT2D eigenvalue weighted by atomic mass is 35.5. The van der Waals surface area contributed by atoms with E-state index >= 15 is 0 Å². The molecule has 2 heteroatoms. The van der Waals surface area contributed by atoms with Gasteiger partial charge in [0.25, 0.3) is 0 Å². The van der Waals surface area contributed by atoms with E-state index in [2.05, 4.69) is 13.8 Å². The van der Waals surface area contributed by atoms with Crippen LogP contribution < -0.4 is 0 Å². The molecule has 0 heterocycles. The standard InChI is InChI=1S/C17H24ClF/c1-13(2)12-17(9-5-6-10-17)16(18)11-14-7-3-4-8-15(14)19/h3-4,7-8,13,16H,5-6,9-12H2,1-2H3. The predicted molar refractivity (Wildman–Crippen MR) is 80.1 cm³/mol. The van der Waals surface area contributed by atoms with E-state index in [0.717, 1.165) is 12.0 Å². The molecule has 19 heavy (non-hydrogen) atoms. The van der Waals surface area contributed by atoms with E-state index in [1.165, 1.54) is 31.7 Å². The van der Waals surface area contributed by atoms with E-state index in [1.54, 1.807) is 6.07 Å². The van der Waals surface area contributed by atoms with Crippen LogP contribution in [0, 0.1) is 17.2 Å². The Balaban J connectivity index is 2.12. The van der Waals surface area contributed by atoms with Crippen molar-refractivity contribution >= 4 is 11.6 Å². The van der Waals surface area contributed by atoms with Gasteiger partial charge in [0.05, 0.1) is 0 Å². The molecule has 0 N–H and O–H groups in total. The van der Waals surface area contributed by atoms with Crippen LogP contribution in [0.2, 0.25) is 0 Å². The highest BCUT2D eigenvalue weighted by Gasteiger charge is 2.40. The summed E-state index contributed by atoms with van der Waals surface area (Å²) in [6.45, 7) is 4.51. The number of alkyl halides is 1. The molecule has 1 atom stereocenters. The van der Waals surface area contributed by atoms with Gasteiger partial charge in [-0.15, -0.1) is 11.6 Å².